The number of rotatable bonds is 5. The van der Waals surface area contributed by atoms with Crippen molar-refractivity contribution in [2.45, 2.75) is 6.42 Å². The molecule has 19 heavy (non-hydrogen) atoms. The van der Waals surface area contributed by atoms with Crippen molar-refractivity contribution in [2.75, 3.05) is 18.5 Å². The predicted octanol–water partition coefficient (Wildman–Crippen LogP) is 1.85. The molecule has 0 saturated carbocycles. The van der Waals surface area contributed by atoms with E-state index in [2.05, 4.69) is 9.97 Å². The highest BCUT2D eigenvalue weighted by Gasteiger charge is 2.06. The van der Waals surface area contributed by atoms with Gasteiger partial charge in [-0.05, 0) is 24.3 Å². The average molecular weight is 257 g/mol. The summed E-state index contributed by atoms with van der Waals surface area (Å²) in [5.74, 6) is -1.01. The Morgan fingerprint density at radius 3 is 2.68 bits per heavy atom. The Morgan fingerprint density at radius 1 is 1.26 bits per heavy atom. The summed E-state index contributed by atoms with van der Waals surface area (Å²) < 4.78 is 0. The van der Waals surface area contributed by atoms with Gasteiger partial charge in [-0.2, -0.15) is 0 Å². The van der Waals surface area contributed by atoms with Crippen LogP contribution < -0.4 is 4.90 Å². The number of hydrogen-bond acceptors (Lipinski definition) is 4. The van der Waals surface area contributed by atoms with Gasteiger partial charge in [0.1, 0.15) is 5.69 Å². The summed E-state index contributed by atoms with van der Waals surface area (Å²) >= 11 is 0. The van der Waals surface area contributed by atoms with Crippen LogP contribution in [0.15, 0.2) is 42.7 Å². The highest BCUT2D eigenvalue weighted by atomic mass is 16.4. The molecule has 0 aliphatic rings. The highest BCUT2D eigenvalue weighted by molar-refractivity contribution is 5.85. The lowest BCUT2D eigenvalue weighted by atomic mass is 10.2. The number of likely N-dealkylation sites (N-methyl/N-ethyl adjacent to an activating group) is 1. The fourth-order valence-corrected chi connectivity index (χ4v) is 1.70. The molecule has 0 unspecified atom stereocenters. The first-order valence-corrected chi connectivity index (χ1v) is 5.97. The van der Waals surface area contributed by atoms with Crippen molar-refractivity contribution in [3.05, 3.63) is 54.1 Å². The van der Waals surface area contributed by atoms with Crippen LogP contribution in [-0.2, 0) is 6.42 Å². The summed E-state index contributed by atoms with van der Waals surface area (Å²) in [6.07, 6.45) is 4.18. The number of aromatic nitrogens is 2. The first-order chi connectivity index (χ1) is 9.16. The highest BCUT2D eigenvalue weighted by Crippen LogP contribution is 2.11. The van der Waals surface area contributed by atoms with Gasteiger partial charge in [-0.25, -0.2) is 9.78 Å². The lowest BCUT2D eigenvalue weighted by Crippen LogP contribution is -2.21. The number of carboxylic acids is 1. The Hall–Kier alpha value is -2.43. The maximum absolute atomic E-state index is 10.7. The first-order valence-electron chi connectivity index (χ1n) is 5.97. The molecule has 0 aliphatic carbocycles. The average Bonchev–Trinajstić information content (AvgIpc) is 2.46. The summed E-state index contributed by atoms with van der Waals surface area (Å²) in [6, 6.07) is 9.11. The van der Waals surface area contributed by atoms with E-state index in [1.807, 2.05) is 30.1 Å². The van der Waals surface area contributed by atoms with Crippen LogP contribution in [0, 0.1) is 0 Å². The summed E-state index contributed by atoms with van der Waals surface area (Å²) in [6.45, 7) is 0.797. The molecule has 0 saturated heterocycles. The van der Waals surface area contributed by atoms with Crippen molar-refractivity contribution in [1.82, 2.24) is 9.97 Å². The SMILES string of the molecule is CN(CCc1ccccn1)c1ccc(C(=O)O)nc1. The third kappa shape index (κ3) is 3.51. The van der Waals surface area contributed by atoms with Gasteiger partial charge >= 0.3 is 5.97 Å². The standard InChI is InChI=1S/C14H15N3O2/c1-17(9-7-11-4-2-3-8-15-11)12-5-6-13(14(18)19)16-10-12/h2-6,8,10H,7,9H2,1H3,(H,18,19). The molecule has 2 heterocycles. The molecule has 0 atom stereocenters. The number of nitrogens with zero attached hydrogens (tertiary/aromatic N) is 3. The van der Waals surface area contributed by atoms with Gasteiger partial charge in [0.25, 0.3) is 0 Å². The first kappa shape index (κ1) is 13.0. The van der Waals surface area contributed by atoms with Gasteiger partial charge < -0.3 is 10.0 Å². The molecule has 2 aromatic heterocycles. The topological polar surface area (TPSA) is 66.3 Å². The summed E-state index contributed by atoms with van der Waals surface area (Å²) in [7, 11) is 1.94. The van der Waals surface area contributed by atoms with Crippen LogP contribution in [0.5, 0.6) is 0 Å². The number of carboxylic acid groups (broad SMARTS) is 1. The van der Waals surface area contributed by atoms with Crippen LogP contribution in [0.2, 0.25) is 0 Å². The molecule has 0 aliphatic heterocycles. The molecular formula is C14H15N3O2. The maximum atomic E-state index is 10.7. The van der Waals surface area contributed by atoms with Crippen LogP contribution in [-0.4, -0.2) is 34.6 Å². The van der Waals surface area contributed by atoms with Crippen molar-refractivity contribution in [2.24, 2.45) is 0 Å². The zero-order valence-electron chi connectivity index (χ0n) is 10.7. The molecule has 1 N–H and O–H groups in total. The molecule has 0 aromatic carbocycles. The van der Waals surface area contributed by atoms with Gasteiger partial charge in [-0.15, -0.1) is 0 Å². The molecule has 5 heteroatoms. The second-order valence-electron chi connectivity index (χ2n) is 4.20. The van der Waals surface area contributed by atoms with E-state index in [0.717, 1.165) is 24.3 Å². The number of anilines is 1. The minimum absolute atomic E-state index is 0.0573. The fourth-order valence-electron chi connectivity index (χ4n) is 1.70. The third-order valence-electron chi connectivity index (χ3n) is 2.84. The van der Waals surface area contributed by atoms with Crippen LogP contribution >= 0.6 is 0 Å². The molecule has 0 bridgehead atoms. The summed E-state index contributed by atoms with van der Waals surface area (Å²) in [4.78, 5) is 20.9. The van der Waals surface area contributed by atoms with Gasteiger partial charge in [-0.3, -0.25) is 4.98 Å². The second-order valence-corrected chi connectivity index (χ2v) is 4.20. The smallest absolute Gasteiger partial charge is 0.354 e. The number of pyridine rings is 2. The maximum Gasteiger partial charge on any atom is 0.354 e. The quantitative estimate of drug-likeness (QED) is 0.885. The number of aromatic carboxylic acids is 1. The van der Waals surface area contributed by atoms with Crippen molar-refractivity contribution in [3.8, 4) is 0 Å². The van der Waals surface area contributed by atoms with Gasteiger partial charge in [0.05, 0.1) is 11.9 Å². The van der Waals surface area contributed by atoms with Gasteiger partial charge in [0, 0.05) is 31.9 Å². The molecule has 2 aromatic rings. The van der Waals surface area contributed by atoms with Gasteiger partial charge in [0.15, 0.2) is 0 Å². The Bertz CT molecular complexity index is 540. The zero-order valence-corrected chi connectivity index (χ0v) is 10.7. The van der Waals surface area contributed by atoms with E-state index in [1.54, 1.807) is 18.5 Å². The van der Waals surface area contributed by atoms with E-state index >= 15 is 0 Å². The van der Waals surface area contributed by atoms with Gasteiger partial charge in [-0.1, -0.05) is 6.07 Å². The predicted molar refractivity (Wildman–Crippen MR) is 72.4 cm³/mol. The lowest BCUT2D eigenvalue weighted by Gasteiger charge is -2.18. The Morgan fingerprint density at radius 2 is 2.11 bits per heavy atom. The fraction of sp³-hybridized carbons (Fsp3) is 0.214. The van der Waals surface area contributed by atoms with E-state index in [1.165, 1.54) is 6.07 Å². The Balaban J connectivity index is 1.96. The van der Waals surface area contributed by atoms with Crippen LogP contribution in [0.4, 0.5) is 5.69 Å². The molecule has 98 valence electrons. The molecule has 0 spiro atoms. The summed E-state index contributed by atoms with van der Waals surface area (Å²) in [5, 5.41) is 8.78. The summed E-state index contributed by atoms with van der Waals surface area (Å²) in [5.41, 5.74) is 1.98. The molecular weight excluding hydrogens is 242 g/mol. The van der Waals surface area contributed by atoms with Crippen molar-refractivity contribution in [3.63, 3.8) is 0 Å². The minimum Gasteiger partial charge on any atom is -0.477 e. The zero-order chi connectivity index (χ0) is 13.7. The molecule has 5 nitrogen and oxygen atoms in total. The molecule has 0 amide bonds. The molecule has 2 rings (SSSR count). The van der Waals surface area contributed by atoms with Crippen LogP contribution in [0.3, 0.4) is 0 Å². The van der Waals surface area contributed by atoms with E-state index in [4.69, 9.17) is 5.11 Å². The Labute approximate surface area is 111 Å². The van der Waals surface area contributed by atoms with Crippen LogP contribution in [0.1, 0.15) is 16.2 Å². The normalized spacial score (nSPS) is 10.2. The van der Waals surface area contributed by atoms with Crippen molar-refractivity contribution < 1.29 is 9.90 Å². The van der Waals surface area contributed by atoms with E-state index in [0.29, 0.717) is 0 Å². The van der Waals surface area contributed by atoms with E-state index < -0.39 is 5.97 Å². The minimum atomic E-state index is -1.01. The Kier molecular flexibility index (Phi) is 4.07. The monoisotopic (exact) mass is 257 g/mol. The van der Waals surface area contributed by atoms with E-state index in [-0.39, 0.29) is 5.69 Å². The third-order valence-corrected chi connectivity index (χ3v) is 2.84. The molecule has 0 radical (unpaired) electrons. The van der Waals surface area contributed by atoms with Crippen molar-refractivity contribution >= 4 is 11.7 Å². The molecule has 0 fully saturated rings. The number of carbonyl (C=O) groups is 1. The van der Waals surface area contributed by atoms with Crippen LogP contribution in [0.25, 0.3) is 0 Å². The second kappa shape index (κ2) is 5.95. The van der Waals surface area contributed by atoms with E-state index in [9.17, 15) is 4.79 Å². The van der Waals surface area contributed by atoms with Crippen molar-refractivity contribution in [1.29, 1.82) is 0 Å². The lowest BCUT2D eigenvalue weighted by molar-refractivity contribution is 0.0690. The number of hydrogen-bond donors (Lipinski definition) is 1. The van der Waals surface area contributed by atoms with Gasteiger partial charge in [0.2, 0.25) is 0 Å². The largest absolute Gasteiger partial charge is 0.477 e.